The molecule has 1 saturated heterocycles. The molecule has 2 heterocycles. The number of nitrogens with zero attached hydrogens (tertiary/aromatic N) is 3. The molecule has 0 spiro atoms. The maximum Gasteiger partial charge on any atom is 0.225 e. The van der Waals surface area contributed by atoms with Crippen LogP contribution >= 0.6 is 12.2 Å². The van der Waals surface area contributed by atoms with Gasteiger partial charge in [-0.2, -0.15) is 5.10 Å². The summed E-state index contributed by atoms with van der Waals surface area (Å²) in [6.07, 6.45) is 1.68. The average molecular weight is 464 g/mol. The molecular formula is C24H25N5O3S. The van der Waals surface area contributed by atoms with E-state index < -0.39 is 30.2 Å². The Labute approximate surface area is 196 Å². The first-order valence-corrected chi connectivity index (χ1v) is 11.3. The number of fused-ring (bicyclic) bond motifs is 1. The van der Waals surface area contributed by atoms with E-state index in [-0.39, 0.29) is 12.3 Å². The summed E-state index contributed by atoms with van der Waals surface area (Å²) in [6, 6.07) is 18.2. The summed E-state index contributed by atoms with van der Waals surface area (Å²) in [7, 11) is 0. The molecule has 9 heteroatoms. The molecule has 1 aliphatic heterocycles. The largest absolute Gasteiger partial charge is 0.390 e. The van der Waals surface area contributed by atoms with Crippen LogP contribution in [-0.4, -0.2) is 55.3 Å². The van der Waals surface area contributed by atoms with Crippen LogP contribution in [0.2, 0.25) is 0 Å². The molecule has 5 atom stereocenters. The number of aliphatic hydroxyl groups excluding tert-OH is 2. The summed E-state index contributed by atoms with van der Waals surface area (Å²) in [5.74, 6) is -0.736. The molecule has 8 nitrogen and oxygen atoms in total. The zero-order chi connectivity index (χ0) is 22.9. The van der Waals surface area contributed by atoms with Crippen LogP contribution in [0.1, 0.15) is 12.0 Å². The number of carbonyl (C=O) groups is 1. The van der Waals surface area contributed by atoms with Gasteiger partial charge in [0, 0.05) is 24.6 Å². The normalized spacial score (nSPS) is 26.5. The van der Waals surface area contributed by atoms with Gasteiger partial charge in [-0.15, -0.1) is 0 Å². The van der Waals surface area contributed by atoms with Gasteiger partial charge in [-0.3, -0.25) is 4.79 Å². The molecule has 2 fully saturated rings. The van der Waals surface area contributed by atoms with Crippen LogP contribution in [0.4, 0.5) is 5.69 Å². The van der Waals surface area contributed by atoms with Crippen molar-refractivity contribution in [3.63, 3.8) is 0 Å². The van der Waals surface area contributed by atoms with Crippen molar-refractivity contribution in [2.24, 2.45) is 5.92 Å². The molecule has 0 radical (unpaired) electrons. The smallest absolute Gasteiger partial charge is 0.225 e. The number of aliphatic hydroxyl groups is 2. The lowest BCUT2D eigenvalue weighted by Crippen LogP contribution is -2.60. The lowest BCUT2D eigenvalue weighted by atomic mass is 9.77. The van der Waals surface area contributed by atoms with Crippen molar-refractivity contribution >= 4 is 28.9 Å². The van der Waals surface area contributed by atoms with Crippen LogP contribution in [0.15, 0.2) is 73.1 Å². The van der Waals surface area contributed by atoms with E-state index in [9.17, 15) is 15.0 Å². The number of hydrogen-bond acceptors (Lipinski definition) is 5. The Morgan fingerprint density at radius 3 is 2.52 bits per heavy atom. The highest BCUT2D eigenvalue weighted by Gasteiger charge is 2.53. The van der Waals surface area contributed by atoms with Crippen molar-refractivity contribution in [1.29, 1.82) is 0 Å². The second kappa shape index (κ2) is 8.93. The molecule has 0 bridgehead atoms. The third-order valence-electron chi connectivity index (χ3n) is 6.39. The number of carbonyl (C=O) groups excluding carboxylic acids is 1. The SMILES string of the molecule is O=C(NCc1ccccc1)[C@H]1C[C@@H](O)[C@H](O)[C@H]2NC(=S)N(c3ccc(-n4cccn4)cc3)[C@@H]21. The maximum absolute atomic E-state index is 13.2. The highest BCUT2D eigenvalue weighted by Crippen LogP contribution is 2.37. The average Bonchev–Trinajstić information content (AvgIpc) is 3.49. The summed E-state index contributed by atoms with van der Waals surface area (Å²) in [4.78, 5) is 15.1. The summed E-state index contributed by atoms with van der Waals surface area (Å²) >= 11 is 5.59. The molecule has 33 heavy (non-hydrogen) atoms. The van der Waals surface area contributed by atoms with E-state index in [1.54, 1.807) is 10.9 Å². The Balaban J connectivity index is 1.41. The van der Waals surface area contributed by atoms with E-state index in [0.29, 0.717) is 11.7 Å². The monoisotopic (exact) mass is 463 g/mol. The van der Waals surface area contributed by atoms with E-state index in [4.69, 9.17) is 12.2 Å². The maximum atomic E-state index is 13.2. The van der Waals surface area contributed by atoms with E-state index in [2.05, 4.69) is 15.7 Å². The van der Waals surface area contributed by atoms with Crippen LogP contribution in [0.5, 0.6) is 0 Å². The minimum atomic E-state index is -1.03. The molecule has 2 aromatic carbocycles. The van der Waals surface area contributed by atoms with E-state index in [1.165, 1.54) is 0 Å². The highest BCUT2D eigenvalue weighted by atomic mass is 32.1. The second-order valence-corrected chi connectivity index (χ2v) is 8.79. The van der Waals surface area contributed by atoms with Crippen molar-refractivity contribution in [3.05, 3.63) is 78.6 Å². The lowest BCUT2D eigenvalue weighted by Gasteiger charge is -2.41. The first-order valence-electron chi connectivity index (χ1n) is 10.9. The summed E-state index contributed by atoms with van der Waals surface area (Å²) < 4.78 is 1.76. The van der Waals surface area contributed by atoms with Gasteiger partial charge in [0.1, 0.15) is 6.10 Å². The molecular weight excluding hydrogens is 438 g/mol. The first kappa shape index (κ1) is 21.6. The Morgan fingerprint density at radius 2 is 1.82 bits per heavy atom. The van der Waals surface area contributed by atoms with E-state index in [1.807, 2.05) is 71.8 Å². The van der Waals surface area contributed by atoms with Crippen LogP contribution in [0, 0.1) is 5.92 Å². The van der Waals surface area contributed by atoms with Crippen molar-refractivity contribution in [1.82, 2.24) is 20.4 Å². The summed E-state index contributed by atoms with van der Waals surface area (Å²) in [5, 5.41) is 31.9. The van der Waals surface area contributed by atoms with Crippen LogP contribution in [0.25, 0.3) is 5.69 Å². The van der Waals surface area contributed by atoms with Gasteiger partial charge in [0.25, 0.3) is 0 Å². The molecule has 1 saturated carbocycles. The minimum Gasteiger partial charge on any atom is -0.390 e. The highest BCUT2D eigenvalue weighted by molar-refractivity contribution is 7.80. The molecule has 2 aliphatic rings. The quantitative estimate of drug-likeness (QED) is 0.424. The fraction of sp³-hybridized carbons (Fsp3) is 0.292. The number of benzene rings is 2. The number of hydrogen-bond donors (Lipinski definition) is 4. The van der Waals surface area contributed by atoms with Gasteiger partial charge < -0.3 is 25.7 Å². The Kier molecular flexibility index (Phi) is 5.84. The van der Waals surface area contributed by atoms with Crippen molar-refractivity contribution in [2.45, 2.75) is 37.3 Å². The van der Waals surface area contributed by atoms with Crippen LogP contribution in [0.3, 0.4) is 0 Å². The zero-order valence-electron chi connectivity index (χ0n) is 17.8. The van der Waals surface area contributed by atoms with Crippen LogP contribution < -0.4 is 15.5 Å². The van der Waals surface area contributed by atoms with Gasteiger partial charge in [0.15, 0.2) is 5.11 Å². The van der Waals surface area contributed by atoms with E-state index >= 15 is 0 Å². The molecule has 1 aromatic heterocycles. The van der Waals surface area contributed by atoms with Gasteiger partial charge >= 0.3 is 0 Å². The standard InChI is InChI=1S/C24H25N5O3S/c30-19-13-18(23(32)25-14-15-5-2-1-3-6-15)21-20(22(19)31)27-24(33)29(21)17-9-7-16(8-10-17)28-12-4-11-26-28/h1-12,18-22,30-31H,13-14H2,(H,25,32)(H,27,33)/t18-,19+,20-,21+,22-/m0/s1. The van der Waals surface area contributed by atoms with Gasteiger partial charge in [-0.25, -0.2) is 4.68 Å². The predicted molar refractivity (Wildman–Crippen MR) is 128 cm³/mol. The lowest BCUT2D eigenvalue weighted by molar-refractivity contribution is -0.131. The van der Waals surface area contributed by atoms with Crippen LogP contribution in [-0.2, 0) is 11.3 Å². The Hall–Kier alpha value is -3.27. The first-order chi connectivity index (χ1) is 16.0. The molecule has 1 amide bonds. The van der Waals surface area contributed by atoms with Crippen molar-refractivity contribution < 1.29 is 15.0 Å². The molecule has 5 rings (SSSR count). The zero-order valence-corrected chi connectivity index (χ0v) is 18.6. The molecule has 0 unspecified atom stereocenters. The molecule has 170 valence electrons. The predicted octanol–water partition coefficient (Wildman–Crippen LogP) is 1.36. The Morgan fingerprint density at radius 1 is 1.09 bits per heavy atom. The van der Waals surface area contributed by atoms with Gasteiger partial charge in [0.2, 0.25) is 5.91 Å². The fourth-order valence-corrected chi connectivity index (χ4v) is 5.11. The van der Waals surface area contributed by atoms with Crippen molar-refractivity contribution in [3.8, 4) is 5.69 Å². The minimum absolute atomic E-state index is 0.148. The number of nitrogens with one attached hydrogen (secondary N) is 2. The van der Waals surface area contributed by atoms with E-state index in [0.717, 1.165) is 16.9 Å². The number of rotatable bonds is 5. The summed E-state index contributed by atoms with van der Waals surface area (Å²) in [5.41, 5.74) is 2.69. The fourth-order valence-electron chi connectivity index (χ4n) is 4.74. The molecule has 3 aromatic rings. The second-order valence-electron chi connectivity index (χ2n) is 8.41. The topological polar surface area (TPSA) is 103 Å². The summed E-state index contributed by atoms with van der Waals surface area (Å²) in [6.45, 7) is 0.392. The Bertz CT molecular complexity index is 1120. The van der Waals surface area contributed by atoms with Gasteiger partial charge in [-0.05, 0) is 54.5 Å². The number of amides is 1. The van der Waals surface area contributed by atoms with Crippen molar-refractivity contribution in [2.75, 3.05) is 4.90 Å². The molecule has 1 aliphatic carbocycles. The third kappa shape index (κ3) is 4.10. The third-order valence-corrected chi connectivity index (χ3v) is 6.70. The number of thiocarbonyl (C=S) groups is 1. The number of aromatic nitrogens is 2. The van der Waals surface area contributed by atoms with Gasteiger partial charge in [-0.1, -0.05) is 30.3 Å². The number of anilines is 1. The molecule has 4 N–H and O–H groups in total. The van der Waals surface area contributed by atoms with Gasteiger partial charge in [0.05, 0.1) is 29.8 Å².